The van der Waals surface area contributed by atoms with Gasteiger partial charge in [-0.2, -0.15) is 0 Å². The average molecular weight is 298 g/mol. The number of rotatable bonds is 5. The number of carbonyl (C=O) groups excluding carboxylic acids is 1. The first-order valence-electron chi connectivity index (χ1n) is 5.55. The molecule has 0 saturated carbocycles. The van der Waals surface area contributed by atoms with Gasteiger partial charge in [0.25, 0.3) is 6.43 Å². The lowest BCUT2D eigenvalue weighted by atomic mass is 10.1. The van der Waals surface area contributed by atoms with E-state index in [0.29, 0.717) is 0 Å². The van der Waals surface area contributed by atoms with E-state index in [1.807, 2.05) is 0 Å². The van der Waals surface area contributed by atoms with Crippen LogP contribution < -0.4 is 4.74 Å². The molecule has 0 saturated heterocycles. The van der Waals surface area contributed by atoms with Gasteiger partial charge in [-0.05, 0) is 24.6 Å². The first-order chi connectivity index (χ1) is 9.23. The quantitative estimate of drug-likeness (QED) is 0.615. The molecule has 112 valence electrons. The van der Waals surface area contributed by atoms with Crippen molar-refractivity contribution < 1.29 is 36.2 Å². The molecule has 0 radical (unpaired) electrons. The number of ether oxygens (including phenoxy) is 2. The van der Waals surface area contributed by atoms with Crippen LogP contribution in [0.3, 0.4) is 0 Å². The van der Waals surface area contributed by atoms with Crippen molar-refractivity contribution in [2.24, 2.45) is 0 Å². The highest BCUT2D eigenvalue weighted by molar-refractivity contribution is 5.72. The summed E-state index contributed by atoms with van der Waals surface area (Å²) in [5, 5.41) is 0. The van der Waals surface area contributed by atoms with E-state index in [2.05, 4.69) is 9.47 Å². The zero-order valence-electron chi connectivity index (χ0n) is 10.3. The fraction of sp³-hybridized carbons (Fsp3) is 0.417. The first kappa shape index (κ1) is 16.2. The predicted molar refractivity (Wildman–Crippen MR) is 58.4 cm³/mol. The lowest BCUT2D eigenvalue weighted by molar-refractivity contribution is -0.275. The molecule has 1 aromatic rings. The summed E-state index contributed by atoms with van der Waals surface area (Å²) in [7, 11) is 0. The van der Waals surface area contributed by atoms with Gasteiger partial charge >= 0.3 is 12.3 Å². The molecular weight excluding hydrogens is 287 g/mol. The zero-order valence-corrected chi connectivity index (χ0v) is 10.3. The molecule has 0 amide bonds. The number of alkyl halides is 5. The van der Waals surface area contributed by atoms with Crippen LogP contribution in [0.5, 0.6) is 5.75 Å². The van der Waals surface area contributed by atoms with Gasteiger partial charge in [0.05, 0.1) is 18.6 Å². The predicted octanol–water partition coefficient (Wildman–Crippen LogP) is 3.63. The molecule has 3 nitrogen and oxygen atoms in total. The normalized spacial score (nSPS) is 11.6. The molecule has 8 heteroatoms. The molecule has 0 atom stereocenters. The van der Waals surface area contributed by atoms with Crippen molar-refractivity contribution in [3.63, 3.8) is 0 Å². The molecule has 0 heterocycles. The summed E-state index contributed by atoms with van der Waals surface area (Å²) < 4.78 is 69.7. The Balaban J connectivity index is 3.01. The number of hydrogen-bond acceptors (Lipinski definition) is 3. The smallest absolute Gasteiger partial charge is 0.466 e. The Kier molecular flexibility index (Phi) is 5.29. The van der Waals surface area contributed by atoms with Crippen LogP contribution in [0.15, 0.2) is 18.2 Å². The number of esters is 1. The van der Waals surface area contributed by atoms with Crippen LogP contribution in [0.1, 0.15) is 24.5 Å². The standard InChI is InChI=1S/C12H11F5O3/c1-2-19-10(18)6-7-3-4-8(11(13)14)9(5-7)20-12(15,16)17/h3-5,11H,2,6H2,1H3. The fourth-order valence-electron chi connectivity index (χ4n) is 1.46. The van der Waals surface area contributed by atoms with Crippen molar-refractivity contribution in [2.75, 3.05) is 6.61 Å². The van der Waals surface area contributed by atoms with E-state index < -0.39 is 30.1 Å². The molecule has 0 fully saturated rings. The summed E-state index contributed by atoms with van der Waals surface area (Å²) in [6.45, 7) is 1.68. The summed E-state index contributed by atoms with van der Waals surface area (Å²) in [6.07, 6.45) is -8.54. The first-order valence-corrected chi connectivity index (χ1v) is 5.55. The Morgan fingerprint density at radius 1 is 1.30 bits per heavy atom. The molecular formula is C12H11F5O3. The van der Waals surface area contributed by atoms with Crippen molar-refractivity contribution in [3.05, 3.63) is 29.3 Å². The second-order valence-corrected chi connectivity index (χ2v) is 3.70. The SMILES string of the molecule is CCOC(=O)Cc1ccc(C(F)F)c(OC(F)(F)F)c1. The van der Waals surface area contributed by atoms with Gasteiger partial charge in [0, 0.05) is 0 Å². The lowest BCUT2D eigenvalue weighted by Crippen LogP contribution is -2.18. The molecule has 0 aliphatic rings. The van der Waals surface area contributed by atoms with Crippen LogP contribution in [-0.2, 0) is 16.0 Å². The monoisotopic (exact) mass is 298 g/mol. The van der Waals surface area contributed by atoms with E-state index >= 15 is 0 Å². The van der Waals surface area contributed by atoms with E-state index in [1.165, 1.54) is 0 Å². The minimum Gasteiger partial charge on any atom is -0.466 e. The van der Waals surface area contributed by atoms with Gasteiger partial charge in [0.2, 0.25) is 0 Å². The molecule has 0 aliphatic carbocycles. The zero-order chi connectivity index (χ0) is 15.3. The Morgan fingerprint density at radius 3 is 2.45 bits per heavy atom. The largest absolute Gasteiger partial charge is 0.573 e. The van der Waals surface area contributed by atoms with E-state index in [0.717, 1.165) is 18.2 Å². The maximum Gasteiger partial charge on any atom is 0.573 e. The third kappa shape index (κ3) is 5.02. The number of benzene rings is 1. The van der Waals surface area contributed by atoms with Crippen LogP contribution in [-0.4, -0.2) is 18.9 Å². The maximum atomic E-state index is 12.6. The van der Waals surface area contributed by atoms with Crippen LogP contribution >= 0.6 is 0 Å². The van der Waals surface area contributed by atoms with Gasteiger partial charge in [0.1, 0.15) is 5.75 Å². The van der Waals surface area contributed by atoms with E-state index in [-0.39, 0.29) is 18.6 Å². The highest BCUT2D eigenvalue weighted by Crippen LogP contribution is 2.33. The number of halogens is 5. The Labute approximate surface area is 111 Å². The van der Waals surface area contributed by atoms with Crippen molar-refractivity contribution in [1.29, 1.82) is 0 Å². The van der Waals surface area contributed by atoms with Gasteiger partial charge in [-0.25, -0.2) is 8.78 Å². The highest BCUT2D eigenvalue weighted by atomic mass is 19.4. The third-order valence-corrected chi connectivity index (χ3v) is 2.19. The Bertz CT molecular complexity index is 471. The fourth-order valence-corrected chi connectivity index (χ4v) is 1.46. The van der Waals surface area contributed by atoms with Crippen molar-refractivity contribution in [2.45, 2.75) is 26.1 Å². The summed E-state index contributed by atoms with van der Waals surface area (Å²) in [6, 6.07) is 2.67. The number of carbonyl (C=O) groups is 1. The van der Waals surface area contributed by atoms with Crippen LogP contribution in [0.2, 0.25) is 0 Å². The van der Waals surface area contributed by atoms with Gasteiger partial charge < -0.3 is 9.47 Å². The Morgan fingerprint density at radius 2 is 1.95 bits per heavy atom. The lowest BCUT2D eigenvalue weighted by Gasteiger charge is -2.14. The van der Waals surface area contributed by atoms with Crippen LogP contribution in [0, 0.1) is 0 Å². The van der Waals surface area contributed by atoms with Crippen LogP contribution in [0.25, 0.3) is 0 Å². The molecule has 1 aromatic carbocycles. The molecule has 20 heavy (non-hydrogen) atoms. The molecule has 0 bridgehead atoms. The number of hydrogen-bond donors (Lipinski definition) is 0. The van der Waals surface area contributed by atoms with E-state index in [4.69, 9.17) is 0 Å². The van der Waals surface area contributed by atoms with Gasteiger partial charge in [0.15, 0.2) is 0 Å². The topological polar surface area (TPSA) is 35.5 Å². The van der Waals surface area contributed by atoms with Crippen molar-refractivity contribution in [1.82, 2.24) is 0 Å². The van der Waals surface area contributed by atoms with Gasteiger partial charge in [-0.3, -0.25) is 4.79 Å². The molecule has 1 rings (SSSR count). The minimum absolute atomic E-state index is 0.0899. The molecule has 0 spiro atoms. The van der Waals surface area contributed by atoms with Gasteiger partial charge in [-0.15, -0.1) is 13.2 Å². The summed E-state index contributed by atoms with van der Waals surface area (Å²) in [5.74, 6) is -1.69. The summed E-state index contributed by atoms with van der Waals surface area (Å²) in [5.41, 5.74) is -0.804. The van der Waals surface area contributed by atoms with Crippen molar-refractivity contribution >= 4 is 5.97 Å². The summed E-state index contributed by atoms with van der Waals surface area (Å²) >= 11 is 0. The van der Waals surface area contributed by atoms with Crippen molar-refractivity contribution in [3.8, 4) is 5.75 Å². The van der Waals surface area contributed by atoms with Crippen LogP contribution in [0.4, 0.5) is 22.0 Å². The minimum atomic E-state index is -5.09. The molecule has 0 aromatic heterocycles. The average Bonchev–Trinajstić information content (AvgIpc) is 2.26. The second-order valence-electron chi connectivity index (χ2n) is 3.70. The second kappa shape index (κ2) is 6.53. The van der Waals surface area contributed by atoms with E-state index in [9.17, 15) is 26.7 Å². The Hall–Kier alpha value is -1.86. The molecule has 0 N–H and O–H groups in total. The molecule has 0 aliphatic heterocycles. The third-order valence-electron chi connectivity index (χ3n) is 2.19. The molecule has 0 unspecified atom stereocenters. The van der Waals surface area contributed by atoms with E-state index in [1.54, 1.807) is 6.92 Å². The van der Waals surface area contributed by atoms with Gasteiger partial charge in [-0.1, -0.05) is 6.07 Å². The maximum absolute atomic E-state index is 12.6. The summed E-state index contributed by atoms with van der Waals surface area (Å²) in [4.78, 5) is 11.2. The highest BCUT2D eigenvalue weighted by Gasteiger charge is 2.33.